The van der Waals surface area contributed by atoms with Gasteiger partial charge in [-0.1, -0.05) is 0 Å². The highest BCUT2D eigenvalue weighted by atomic mass is 19.1. The van der Waals surface area contributed by atoms with Gasteiger partial charge in [0, 0.05) is 30.7 Å². The SMILES string of the molecule is Cc1nn(-c2cc(OC3CN(C(=O)N4N=CC[C@H]4c4cc(F)cc(F)c4)C3)c(F)cn2)c(C)c1NC(=O)C1CC1. The van der Waals surface area contributed by atoms with Gasteiger partial charge < -0.3 is 15.0 Å². The van der Waals surface area contributed by atoms with Gasteiger partial charge in [0.25, 0.3) is 0 Å². The maximum atomic E-state index is 14.6. The van der Waals surface area contributed by atoms with Crippen molar-refractivity contribution >= 4 is 23.8 Å². The average Bonchev–Trinajstić information content (AvgIpc) is 3.56. The number of aryl methyl sites for hydroxylation is 1. The zero-order chi connectivity index (χ0) is 28.1. The van der Waals surface area contributed by atoms with Crippen LogP contribution in [0.25, 0.3) is 5.82 Å². The molecule has 2 fully saturated rings. The van der Waals surface area contributed by atoms with Crippen LogP contribution in [-0.2, 0) is 4.79 Å². The van der Waals surface area contributed by atoms with Gasteiger partial charge in [-0.25, -0.2) is 32.6 Å². The Bertz CT molecular complexity index is 1510. The predicted molar refractivity (Wildman–Crippen MR) is 138 cm³/mol. The molecule has 3 aliphatic rings. The van der Waals surface area contributed by atoms with E-state index in [4.69, 9.17) is 4.74 Å². The second kappa shape index (κ2) is 9.96. The highest BCUT2D eigenvalue weighted by Crippen LogP contribution is 2.33. The molecule has 1 saturated carbocycles. The number of hydrogen-bond donors (Lipinski definition) is 1. The quantitative estimate of drug-likeness (QED) is 0.491. The van der Waals surface area contributed by atoms with Gasteiger partial charge in [0.1, 0.15) is 17.7 Å². The molecule has 1 aliphatic carbocycles. The Morgan fingerprint density at radius 1 is 1.05 bits per heavy atom. The van der Waals surface area contributed by atoms with E-state index in [9.17, 15) is 22.8 Å². The molecule has 3 aromatic rings. The number of rotatable bonds is 6. The van der Waals surface area contributed by atoms with E-state index in [0.717, 1.165) is 25.1 Å². The molecule has 40 heavy (non-hydrogen) atoms. The minimum atomic E-state index is -0.731. The summed E-state index contributed by atoms with van der Waals surface area (Å²) in [7, 11) is 0. The Morgan fingerprint density at radius 3 is 2.48 bits per heavy atom. The van der Waals surface area contributed by atoms with Gasteiger partial charge in [-0.15, -0.1) is 0 Å². The number of amides is 3. The van der Waals surface area contributed by atoms with Gasteiger partial charge in [-0.05, 0) is 44.4 Å². The number of hydrogen-bond acceptors (Lipinski definition) is 6. The van der Waals surface area contributed by atoms with E-state index < -0.39 is 35.6 Å². The standard InChI is InChI=1S/C27H26F3N7O3/c1-14-25(33-26(38)16-3-4-16)15(2)36(34-14)24-10-23(21(30)11-31-24)40-20-12-35(13-20)27(39)37-22(5-6-32-37)17-7-18(28)9-19(29)8-17/h6-11,16,20,22H,3-5,12-13H2,1-2H3,(H,33,38)/t22-/m0/s1. The zero-order valence-corrected chi connectivity index (χ0v) is 21.8. The summed E-state index contributed by atoms with van der Waals surface area (Å²) in [6.45, 7) is 3.90. The van der Waals surface area contributed by atoms with E-state index in [-0.39, 0.29) is 30.7 Å². The summed E-state index contributed by atoms with van der Waals surface area (Å²) in [4.78, 5) is 30.9. The molecule has 208 valence electrons. The molecule has 0 radical (unpaired) electrons. The first-order valence-electron chi connectivity index (χ1n) is 12.9. The molecular formula is C27H26F3N7O3. The largest absolute Gasteiger partial charge is 0.483 e. The lowest BCUT2D eigenvalue weighted by atomic mass is 10.0. The molecule has 10 nitrogen and oxygen atoms in total. The van der Waals surface area contributed by atoms with Crippen LogP contribution in [0.1, 0.15) is 42.3 Å². The number of hydrazone groups is 1. The van der Waals surface area contributed by atoms with Crippen LogP contribution in [0.15, 0.2) is 35.6 Å². The van der Waals surface area contributed by atoms with Gasteiger partial charge in [-0.2, -0.15) is 10.2 Å². The maximum absolute atomic E-state index is 14.6. The number of pyridine rings is 1. The third-order valence-corrected chi connectivity index (χ3v) is 7.22. The predicted octanol–water partition coefficient (Wildman–Crippen LogP) is 4.27. The van der Waals surface area contributed by atoms with E-state index in [1.165, 1.54) is 39.0 Å². The molecule has 0 unspecified atom stereocenters. The smallest absolute Gasteiger partial charge is 0.341 e. The van der Waals surface area contributed by atoms with Crippen LogP contribution in [0, 0.1) is 37.2 Å². The topological polar surface area (TPSA) is 105 Å². The van der Waals surface area contributed by atoms with E-state index in [1.54, 1.807) is 13.8 Å². The van der Waals surface area contributed by atoms with Crippen molar-refractivity contribution in [2.75, 3.05) is 18.4 Å². The summed E-state index contributed by atoms with van der Waals surface area (Å²) < 4.78 is 49.4. The number of likely N-dealkylation sites (tertiary alicyclic amines) is 1. The van der Waals surface area contributed by atoms with Crippen LogP contribution in [0.2, 0.25) is 0 Å². The normalized spacial score (nSPS) is 18.7. The summed E-state index contributed by atoms with van der Waals surface area (Å²) in [6.07, 6.45) is 4.15. The molecular weight excluding hydrogens is 527 g/mol. The number of carbonyl (C=O) groups excluding carboxylic acids is 2. The van der Waals surface area contributed by atoms with E-state index in [0.29, 0.717) is 34.9 Å². The minimum Gasteiger partial charge on any atom is -0.483 e. The Balaban J connectivity index is 1.11. The van der Waals surface area contributed by atoms with Crippen molar-refractivity contribution in [2.24, 2.45) is 11.0 Å². The van der Waals surface area contributed by atoms with Crippen molar-refractivity contribution < 1.29 is 27.5 Å². The molecule has 3 amide bonds. The first kappa shape index (κ1) is 25.8. The van der Waals surface area contributed by atoms with Crippen LogP contribution < -0.4 is 10.1 Å². The van der Waals surface area contributed by atoms with Gasteiger partial charge >= 0.3 is 6.03 Å². The molecule has 1 atom stereocenters. The fraction of sp³-hybridized carbons (Fsp3) is 0.370. The minimum absolute atomic E-state index is 0.0347. The first-order chi connectivity index (χ1) is 19.2. The van der Waals surface area contributed by atoms with Gasteiger partial charge in [0.15, 0.2) is 17.4 Å². The highest BCUT2D eigenvalue weighted by molar-refractivity contribution is 5.95. The number of carbonyl (C=O) groups is 2. The van der Waals surface area contributed by atoms with Crippen molar-refractivity contribution in [1.29, 1.82) is 0 Å². The van der Waals surface area contributed by atoms with Crippen molar-refractivity contribution in [3.63, 3.8) is 0 Å². The summed E-state index contributed by atoms with van der Waals surface area (Å²) in [5.41, 5.74) is 2.16. The number of anilines is 1. The molecule has 13 heteroatoms. The molecule has 1 saturated heterocycles. The second-order valence-corrected chi connectivity index (χ2v) is 10.2. The third-order valence-electron chi connectivity index (χ3n) is 7.22. The first-order valence-corrected chi connectivity index (χ1v) is 12.9. The van der Waals surface area contributed by atoms with Crippen LogP contribution in [0.5, 0.6) is 5.75 Å². The number of nitrogens with zero attached hydrogens (tertiary/aromatic N) is 6. The van der Waals surface area contributed by atoms with Crippen LogP contribution in [-0.4, -0.2) is 62.0 Å². The second-order valence-electron chi connectivity index (χ2n) is 10.2. The summed E-state index contributed by atoms with van der Waals surface area (Å²) in [5, 5.41) is 12.7. The number of aromatic nitrogens is 3. The highest BCUT2D eigenvalue weighted by Gasteiger charge is 2.39. The lowest BCUT2D eigenvalue weighted by Gasteiger charge is -2.41. The monoisotopic (exact) mass is 553 g/mol. The lowest BCUT2D eigenvalue weighted by molar-refractivity contribution is -0.117. The van der Waals surface area contributed by atoms with Crippen molar-refractivity contribution in [3.8, 4) is 11.6 Å². The number of nitrogens with one attached hydrogen (secondary N) is 1. The van der Waals surface area contributed by atoms with Gasteiger partial charge in [0.05, 0.1) is 42.4 Å². The Morgan fingerprint density at radius 2 is 1.77 bits per heavy atom. The molecule has 6 rings (SSSR count). The molecule has 1 N–H and O–H groups in total. The number of halogens is 3. The molecule has 2 aromatic heterocycles. The van der Waals surface area contributed by atoms with Crippen LogP contribution in [0.3, 0.4) is 0 Å². The molecule has 4 heterocycles. The molecule has 1 aromatic carbocycles. The Labute approximate surface area is 227 Å². The summed E-state index contributed by atoms with van der Waals surface area (Å²) in [5.74, 6) is -1.88. The molecule has 2 aliphatic heterocycles. The van der Waals surface area contributed by atoms with Crippen molar-refractivity contribution in [1.82, 2.24) is 24.7 Å². The Hall–Kier alpha value is -4.42. The number of ether oxygens (including phenoxy) is 1. The number of urea groups is 1. The fourth-order valence-electron chi connectivity index (χ4n) is 4.87. The van der Waals surface area contributed by atoms with E-state index in [1.807, 2.05) is 0 Å². The zero-order valence-electron chi connectivity index (χ0n) is 21.8. The van der Waals surface area contributed by atoms with E-state index in [2.05, 4.69) is 20.5 Å². The average molecular weight is 554 g/mol. The van der Waals surface area contributed by atoms with Crippen LogP contribution >= 0.6 is 0 Å². The van der Waals surface area contributed by atoms with E-state index >= 15 is 0 Å². The molecule has 0 spiro atoms. The summed E-state index contributed by atoms with van der Waals surface area (Å²) >= 11 is 0. The molecule has 0 bridgehead atoms. The maximum Gasteiger partial charge on any atom is 0.341 e. The lowest BCUT2D eigenvalue weighted by Crippen LogP contribution is -2.58. The van der Waals surface area contributed by atoms with Crippen molar-refractivity contribution in [3.05, 3.63) is 64.9 Å². The van der Waals surface area contributed by atoms with Gasteiger partial charge in [0.2, 0.25) is 5.91 Å². The fourth-order valence-corrected chi connectivity index (χ4v) is 4.87. The van der Waals surface area contributed by atoms with Crippen molar-refractivity contribution in [2.45, 2.75) is 45.3 Å². The number of benzene rings is 1. The van der Waals surface area contributed by atoms with Crippen LogP contribution in [0.4, 0.5) is 23.7 Å². The summed E-state index contributed by atoms with van der Waals surface area (Å²) in [6, 6.07) is 3.49. The third kappa shape index (κ3) is 4.87. The van der Waals surface area contributed by atoms with Gasteiger partial charge in [-0.3, -0.25) is 4.79 Å². The Kier molecular flexibility index (Phi) is 6.43.